The van der Waals surface area contributed by atoms with Crippen molar-refractivity contribution in [3.63, 3.8) is 0 Å². The summed E-state index contributed by atoms with van der Waals surface area (Å²) < 4.78 is 30.4. The van der Waals surface area contributed by atoms with Crippen LogP contribution in [0.2, 0.25) is 0 Å². The molecule has 3 N–H and O–H groups in total. The molecule has 0 spiro atoms. The third kappa shape index (κ3) is 3.16. The molecule has 18 atom stereocenters. The van der Waals surface area contributed by atoms with Gasteiger partial charge in [0.25, 0.3) is 0 Å². The second-order valence-corrected chi connectivity index (χ2v) is 15.9. The van der Waals surface area contributed by atoms with Crippen LogP contribution in [-0.2, 0) is 38.1 Å². The zero-order valence-corrected chi connectivity index (χ0v) is 25.6. The van der Waals surface area contributed by atoms with Gasteiger partial charge in [0.15, 0.2) is 5.60 Å². The van der Waals surface area contributed by atoms with E-state index in [4.69, 9.17) is 23.7 Å². The zero-order chi connectivity index (χ0) is 30.8. The number of aliphatic hydroxyl groups is 3. The maximum Gasteiger partial charge on any atom is 0.338 e. The molecule has 5 aliphatic carbocycles. The monoisotopic (exact) mass is 604 g/mol. The number of esters is 3. The van der Waals surface area contributed by atoms with Gasteiger partial charge in [0, 0.05) is 49.0 Å². The van der Waals surface area contributed by atoms with Crippen molar-refractivity contribution in [2.24, 2.45) is 51.8 Å². The molecule has 3 aliphatic heterocycles. The third-order valence-electron chi connectivity index (χ3n) is 14.6. The van der Waals surface area contributed by atoms with Crippen LogP contribution in [0.1, 0.15) is 67.2 Å². The number of fused-ring (bicyclic) bond motifs is 14. The van der Waals surface area contributed by atoms with E-state index in [1.54, 1.807) is 0 Å². The van der Waals surface area contributed by atoms with Crippen molar-refractivity contribution in [2.75, 3.05) is 6.61 Å². The first kappa shape index (κ1) is 28.7. The number of rotatable bonds is 3. The number of aliphatic hydroxyl groups excluding tert-OH is 1. The fraction of sp³-hybridized carbons (Fsp3) is 0.906. The maximum absolute atomic E-state index is 13.1. The highest BCUT2D eigenvalue weighted by Crippen LogP contribution is 2.78. The Morgan fingerprint density at radius 3 is 2.26 bits per heavy atom. The number of carbonyl (C=O) groups excluding carboxylic acids is 3. The van der Waals surface area contributed by atoms with Gasteiger partial charge in [0.1, 0.15) is 36.1 Å². The van der Waals surface area contributed by atoms with Crippen LogP contribution in [0.5, 0.6) is 0 Å². The smallest absolute Gasteiger partial charge is 0.338 e. The SMILES string of the molecule is CC(=O)O[C@H]1C[C@H]2[C@@H]([C@@H]3O[C@@H]3[C@@]3(O)C[C@@H]4O[C@@H]4[C@H](OC(C)=O)[C@]23C)[C@@H]2CC3[C@H]([C@H](CO)[C@H]4C[C@]3(C)[C@@](C)(O)C(=O)O4)[C@@]12C. The van der Waals surface area contributed by atoms with Crippen LogP contribution in [0.25, 0.3) is 0 Å². The quantitative estimate of drug-likeness (QED) is 0.240. The molecule has 0 amide bonds. The van der Waals surface area contributed by atoms with Gasteiger partial charge in [-0.25, -0.2) is 4.79 Å². The van der Waals surface area contributed by atoms with Crippen LogP contribution in [0, 0.1) is 51.8 Å². The molecule has 5 saturated carbocycles. The lowest BCUT2D eigenvalue weighted by Gasteiger charge is -2.64. The summed E-state index contributed by atoms with van der Waals surface area (Å²) in [5.74, 6) is -2.71. The molecule has 8 rings (SSSR count). The van der Waals surface area contributed by atoms with Crippen molar-refractivity contribution in [1.82, 2.24) is 0 Å². The van der Waals surface area contributed by atoms with E-state index in [2.05, 4.69) is 6.92 Å². The Bertz CT molecular complexity index is 1300. The summed E-state index contributed by atoms with van der Waals surface area (Å²) in [6, 6.07) is 0. The van der Waals surface area contributed by atoms with Crippen molar-refractivity contribution in [3.8, 4) is 0 Å². The van der Waals surface area contributed by atoms with Crippen LogP contribution in [0.4, 0.5) is 0 Å². The van der Waals surface area contributed by atoms with Gasteiger partial charge in [-0.2, -0.15) is 0 Å². The van der Waals surface area contributed by atoms with E-state index in [1.165, 1.54) is 20.8 Å². The first-order valence-corrected chi connectivity index (χ1v) is 16.0. The molecule has 238 valence electrons. The lowest BCUT2D eigenvalue weighted by atomic mass is 9.41. The zero-order valence-electron chi connectivity index (χ0n) is 25.6. The lowest BCUT2D eigenvalue weighted by molar-refractivity contribution is -0.263. The molecule has 0 radical (unpaired) electrons. The Hall–Kier alpha value is -1.79. The molecule has 3 saturated heterocycles. The fourth-order valence-electron chi connectivity index (χ4n) is 12.4. The number of hydrogen-bond acceptors (Lipinski definition) is 11. The standard InChI is InChI=1S/C32H44O11/c1-12(34)39-20-8-16-21(24-26(43-24)32(38)10-19-23(41-19)25(30(16,32)5)40-13(2)35)15-7-17-22(29(15,20)4)14(11-33)18-9-28(17,3)31(6,37)27(36)42-18/h14-26,33,37-38H,7-11H2,1-6H3/t14-,15+,16+,17?,18-,19+,20+,21+,22+,23+,24+,25+,26+,28+,29-,30+,31+,32+/m1/s1. The Morgan fingerprint density at radius 1 is 0.907 bits per heavy atom. The van der Waals surface area contributed by atoms with Gasteiger partial charge in [-0.3, -0.25) is 9.59 Å². The minimum atomic E-state index is -1.73. The van der Waals surface area contributed by atoms with Gasteiger partial charge in [-0.1, -0.05) is 20.8 Å². The van der Waals surface area contributed by atoms with Gasteiger partial charge in [0.2, 0.25) is 0 Å². The molecule has 2 bridgehead atoms. The predicted octanol–water partition coefficient (Wildman–Crippen LogP) is 1.13. The van der Waals surface area contributed by atoms with Crippen molar-refractivity contribution in [1.29, 1.82) is 0 Å². The first-order chi connectivity index (χ1) is 20.1. The van der Waals surface area contributed by atoms with Crippen LogP contribution in [0.15, 0.2) is 0 Å². The van der Waals surface area contributed by atoms with Gasteiger partial charge in [-0.15, -0.1) is 0 Å². The average molecular weight is 605 g/mol. The minimum absolute atomic E-state index is 0.0737. The summed E-state index contributed by atoms with van der Waals surface area (Å²) in [4.78, 5) is 38.3. The number of hydrogen-bond donors (Lipinski definition) is 3. The number of epoxide rings is 2. The molecular weight excluding hydrogens is 560 g/mol. The van der Waals surface area contributed by atoms with E-state index in [-0.39, 0.29) is 60.4 Å². The summed E-state index contributed by atoms with van der Waals surface area (Å²) in [6.07, 6.45) is -1.19. The van der Waals surface area contributed by atoms with E-state index < -0.39 is 69.8 Å². The topological polar surface area (TPSA) is 165 Å². The highest BCUT2D eigenvalue weighted by Gasteiger charge is 2.85. The normalized spacial score (nSPS) is 61.8. The predicted molar refractivity (Wildman–Crippen MR) is 145 cm³/mol. The highest BCUT2D eigenvalue weighted by molar-refractivity contribution is 5.81. The van der Waals surface area contributed by atoms with Crippen LogP contribution >= 0.6 is 0 Å². The first-order valence-electron chi connectivity index (χ1n) is 16.0. The Labute approximate surface area is 250 Å². The van der Waals surface area contributed by atoms with Gasteiger partial charge >= 0.3 is 17.9 Å². The van der Waals surface area contributed by atoms with Crippen molar-refractivity contribution >= 4 is 17.9 Å². The van der Waals surface area contributed by atoms with E-state index in [1.807, 2.05) is 13.8 Å². The van der Waals surface area contributed by atoms with Crippen LogP contribution in [0.3, 0.4) is 0 Å². The second kappa shape index (κ2) is 8.32. The molecule has 0 aromatic carbocycles. The summed E-state index contributed by atoms with van der Waals surface area (Å²) in [7, 11) is 0. The fourth-order valence-corrected chi connectivity index (χ4v) is 12.4. The van der Waals surface area contributed by atoms with E-state index >= 15 is 0 Å². The lowest BCUT2D eigenvalue weighted by Crippen LogP contribution is -2.73. The van der Waals surface area contributed by atoms with Crippen LogP contribution < -0.4 is 0 Å². The Kier molecular flexibility index (Phi) is 5.55. The summed E-state index contributed by atoms with van der Waals surface area (Å²) >= 11 is 0. The largest absolute Gasteiger partial charge is 0.462 e. The number of ether oxygens (including phenoxy) is 5. The van der Waals surface area contributed by atoms with E-state index in [0.29, 0.717) is 25.7 Å². The van der Waals surface area contributed by atoms with E-state index in [9.17, 15) is 29.7 Å². The second-order valence-electron chi connectivity index (χ2n) is 15.9. The van der Waals surface area contributed by atoms with Crippen LogP contribution in [-0.4, -0.2) is 93.8 Å². The minimum Gasteiger partial charge on any atom is -0.462 e. The van der Waals surface area contributed by atoms with Crippen molar-refractivity contribution < 1.29 is 53.4 Å². The van der Waals surface area contributed by atoms with E-state index in [0.717, 1.165) is 0 Å². The Morgan fingerprint density at radius 2 is 1.60 bits per heavy atom. The summed E-state index contributed by atoms with van der Waals surface area (Å²) in [5.41, 5.74) is -5.43. The molecule has 8 fully saturated rings. The molecule has 43 heavy (non-hydrogen) atoms. The molecule has 0 aromatic heterocycles. The summed E-state index contributed by atoms with van der Waals surface area (Å²) in [5, 5.41) is 35.0. The van der Waals surface area contributed by atoms with Gasteiger partial charge in [0.05, 0.1) is 12.2 Å². The van der Waals surface area contributed by atoms with Gasteiger partial charge in [-0.05, 0) is 55.8 Å². The average Bonchev–Trinajstić information content (AvgIpc) is 3.82. The molecule has 1 unspecified atom stereocenters. The molecule has 11 heteroatoms. The van der Waals surface area contributed by atoms with Gasteiger partial charge < -0.3 is 39.0 Å². The number of carbonyl (C=O) groups is 3. The molecule has 3 heterocycles. The molecular formula is C32H44O11. The van der Waals surface area contributed by atoms with Crippen molar-refractivity contribution in [3.05, 3.63) is 0 Å². The van der Waals surface area contributed by atoms with Crippen molar-refractivity contribution in [2.45, 2.75) is 121 Å². The molecule has 0 aromatic rings. The summed E-state index contributed by atoms with van der Waals surface area (Å²) in [6.45, 7) is 10.2. The Balaban J connectivity index is 1.29. The highest BCUT2D eigenvalue weighted by atomic mass is 16.6. The molecule has 11 nitrogen and oxygen atoms in total. The maximum atomic E-state index is 13.1. The third-order valence-corrected chi connectivity index (χ3v) is 14.6. The molecule has 8 aliphatic rings.